The van der Waals surface area contributed by atoms with Crippen molar-refractivity contribution in [1.82, 2.24) is 20.1 Å². The fraction of sp³-hybridized carbons (Fsp3) is 0.0909. The number of aromatic nitrogens is 3. The molecule has 4 aromatic rings. The second-order valence-electron chi connectivity index (χ2n) is 6.71. The summed E-state index contributed by atoms with van der Waals surface area (Å²) in [6, 6.07) is 17.0. The summed E-state index contributed by atoms with van der Waals surface area (Å²) in [7, 11) is 0. The molecule has 0 spiro atoms. The summed E-state index contributed by atoms with van der Waals surface area (Å²) in [4.78, 5) is 29.5. The van der Waals surface area contributed by atoms with Gasteiger partial charge in [0.1, 0.15) is 0 Å². The lowest BCUT2D eigenvalue weighted by molar-refractivity contribution is 0.251. The number of anilines is 1. The molecule has 7 nitrogen and oxygen atoms in total. The van der Waals surface area contributed by atoms with Crippen molar-refractivity contribution in [2.24, 2.45) is 0 Å². The average Bonchev–Trinajstić information content (AvgIpc) is 2.78. The summed E-state index contributed by atoms with van der Waals surface area (Å²) in [5, 5.41) is 11.9. The Balaban J connectivity index is 1.57. The van der Waals surface area contributed by atoms with Gasteiger partial charge in [-0.1, -0.05) is 47.5 Å². The van der Waals surface area contributed by atoms with E-state index in [0.29, 0.717) is 37.9 Å². The van der Waals surface area contributed by atoms with Crippen LogP contribution >= 0.6 is 23.2 Å². The molecule has 2 aromatic heterocycles. The van der Waals surface area contributed by atoms with Gasteiger partial charge < -0.3 is 10.6 Å². The minimum atomic E-state index is -0.438. The van der Waals surface area contributed by atoms with Crippen molar-refractivity contribution >= 4 is 45.7 Å². The highest BCUT2D eigenvalue weighted by atomic mass is 35.5. The van der Waals surface area contributed by atoms with Gasteiger partial charge in [-0.15, -0.1) is 0 Å². The van der Waals surface area contributed by atoms with Gasteiger partial charge in [0.2, 0.25) is 0 Å². The van der Waals surface area contributed by atoms with Crippen molar-refractivity contribution in [3.8, 4) is 0 Å². The predicted molar refractivity (Wildman–Crippen MR) is 122 cm³/mol. The Hall–Kier alpha value is -3.42. The summed E-state index contributed by atoms with van der Waals surface area (Å²) in [6.45, 7) is 0.350. The van der Waals surface area contributed by atoms with Crippen molar-refractivity contribution < 1.29 is 4.79 Å². The van der Waals surface area contributed by atoms with E-state index in [-0.39, 0.29) is 18.6 Å². The van der Waals surface area contributed by atoms with E-state index >= 15 is 0 Å². The fourth-order valence-electron chi connectivity index (χ4n) is 3.10. The Morgan fingerprint density at radius 2 is 1.74 bits per heavy atom. The average molecular weight is 454 g/mol. The molecule has 0 saturated heterocycles. The van der Waals surface area contributed by atoms with Gasteiger partial charge in [-0.3, -0.25) is 9.78 Å². The molecular formula is C22H17Cl2N5O2. The third-order valence-corrected chi connectivity index (χ3v) is 5.32. The van der Waals surface area contributed by atoms with E-state index in [1.807, 2.05) is 30.3 Å². The lowest BCUT2D eigenvalue weighted by Crippen LogP contribution is -2.31. The largest absolute Gasteiger partial charge is 0.332 e. The standard InChI is InChI=1S/C22H17Cl2N5O2/c23-18-9-8-14(11-19(18)24)27-22(31)26-12-20-16-6-1-2-7-17(16)21(30)29(28-20)13-15-5-3-4-10-25-15/h1-11H,12-13H2,(H2,26,27,31). The van der Waals surface area contributed by atoms with E-state index in [1.165, 1.54) is 4.68 Å². The monoisotopic (exact) mass is 453 g/mol. The Labute approximate surface area is 187 Å². The number of hydrogen-bond donors (Lipinski definition) is 2. The van der Waals surface area contributed by atoms with Gasteiger partial charge in [-0.05, 0) is 36.4 Å². The van der Waals surface area contributed by atoms with E-state index in [9.17, 15) is 9.59 Å². The number of nitrogens with one attached hydrogen (secondary N) is 2. The SMILES string of the molecule is O=C(NCc1nn(Cc2ccccn2)c(=O)c2ccccc12)Nc1ccc(Cl)c(Cl)c1. The number of nitrogens with zero attached hydrogens (tertiary/aromatic N) is 3. The Morgan fingerprint density at radius 1 is 0.968 bits per heavy atom. The molecule has 2 amide bonds. The van der Waals surface area contributed by atoms with Crippen molar-refractivity contribution in [1.29, 1.82) is 0 Å². The molecule has 2 heterocycles. The first-order chi connectivity index (χ1) is 15.0. The molecule has 2 aromatic carbocycles. The highest BCUT2D eigenvalue weighted by Gasteiger charge is 2.12. The van der Waals surface area contributed by atoms with Crippen LogP contribution in [0.25, 0.3) is 10.8 Å². The van der Waals surface area contributed by atoms with Gasteiger partial charge in [0.25, 0.3) is 5.56 Å². The number of benzene rings is 2. The van der Waals surface area contributed by atoms with Gasteiger partial charge in [0.15, 0.2) is 0 Å². The molecule has 0 fully saturated rings. The zero-order chi connectivity index (χ0) is 21.8. The van der Waals surface area contributed by atoms with E-state index in [2.05, 4.69) is 20.7 Å². The molecule has 0 atom stereocenters. The Bertz CT molecular complexity index is 1310. The Morgan fingerprint density at radius 3 is 2.48 bits per heavy atom. The molecule has 0 aliphatic carbocycles. The van der Waals surface area contributed by atoms with Crippen LogP contribution in [-0.2, 0) is 13.1 Å². The second-order valence-corrected chi connectivity index (χ2v) is 7.53. The molecule has 0 unspecified atom stereocenters. The summed E-state index contributed by atoms with van der Waals surface area (Å²) in [5.41, 5.74) is 1.56. The lowest BCUT2D eigenvalue weighted by atomic mass is 10.1. The molecule has 0 aliphatic heterocycles. The van der Waals surface area contributed by atoms with E-state index in [0.717, 1.165) is 0 Å². The molecule has 2 N–H and O–H groups in total. The lowest BCUT2D eigenvalue weighted by Gasteiger charge is -2.12. The first kappa shape index (κ1) is 20.8. The molecule has 4 rings (SSSR count). The van der Waals surface area contributed by atoms with Crippen LogP contribution in [0.4, 0.5) is 10.5 Å². The molecule has 31 heavy (non-hydrogen) atoms. The molecule has 0 aliphatic rings. The third-order valence-electron chi connectivity index (χ3n) is 4.58. The number of carbonyl (C=O) groups is 1. The minimum Gasteiger partial charge on any atom is -0.332 e. The van der Waals surface area contributed by atoms with Gasteiger partial charge in [0, 0.05) is 17.3 Å². The maximum Gasteiger partial charge on any atom is 0.319 e. The molecule has 0 radical (unpaired) electrons. The number of rotatable bonds is 5. The maximum absolute atomic E-state index is 12.9. The zero-order valence-corrected chi connectivity index (χ0v) is 17.7. The van der Waals surface area contributed by atoms with Crippen LogP contribution in [0.1, 0.15) is 11.4 Å². The molecule has 9 heteroatoms. The number of amides is 2. The number of fused-ring (bicyclic) bond motifs is 1. The number of urea groups is 1. The van der Waals surface area contributed by atoms with E-state index < -0.39 is 6.03 Å². The summed E-state index contributed by atoms with van der Waals surface area (Å²) < 4.78 is 1.36. The summed E-state index contributed by atoms with van der Waals surface area (Å²) in [6.07, 6.45) is 1.66. The maximum atomic E-state index is 12.9. The minimum absolute atomic E-state index is 0.121. The van der Waals surface area contributed by atoms with Crippen LogP contribution in [0.3, 0.4) is 0 Å². The van der Waals surface area contributed by atoms with Crippen LogP contribution < -0.4 is 16.2 Å². The topological polar surface area (TPSA) is 88.9 Å². The van der Waals surface area contributed by atoms with Crippen LogP contribution in [0.15, 0.2) is 71.7 Å². The van der Waals surface area contributed by atoms with Gasteiger partial charge >= 0.3 is 6.03 Å². The van der Waals surface area contributed by atoms with Gasteiger partial charge in [-0.2, -0.15) is 5.10 Å². The number of pyridine rings is 1. The Kier molecular flexibility index (Phi) is 6.16. The highest BCUT2D eigenvalue weighted by Crippen LogP contribution is 2.25. The zero-order valence-electron chi connectivity index (χ0n) is 16.2. The van der Waals surface area contributed by atoms with Crippen LogP contribution in [-0.4, -0.2) is 20.8 Å². The predicted octanol–water partition coefficient (Wildman–Crippen LogP) is 4.47. The fourth-order valence-corrected chi connectivity index (χ4v) is 3.40. The molecule has 156 valence electrons. The van der Waals surface area contributed by atoms with Crippen molar-refractivity contribution in [3.05, 3.63) is 98.6 Å². The van der Waals surface area contributed by atoms with E-state index in [4.69, 9.17) is 23.2 Å². The number of hydrogen-bond acceptors (Lipinski definition) is 4. The number of carbonyl (C=O) groups excluding carboxylic acids is 1. The van der Waals surface area contributed by atoms with Crippen molar-refractivity contribution in [2.75, 3.05) is 5.32 Å². The van der Waals surface area contributed by atoms with Crippen molar-refractivity contribution in [3.63, 3.8) is 0 Å². The van der Waals surface area contributed by atoms with Gasteiger partial charge in [0.05, 0.1) is 39.9 Å². The van der Waals surface area contributed by atoms with Crippen LogP contribution in [0.5, 0.6) is 0 Å². The smallest absolute Gasteiger partial charge is 0.319 e. The highest BCUT2D eigenvalue weighted by molar-refractivity contribution is 6.42. The van der Waals surface area contributed by atoms with Crippen LogP contribution in [0.2, 0.25) is 10.0 Å². The van der Waals surface area contributed by atoms with E-state index in [1.54, 1.807) is 36.5 Å². The summed E-state index contributed by atoms with van der Waals surface area (Å²) >= 11 is 11.9. The first-order valence-electron chi connectivity index (χ1n) is 9.40. The van der Waals surface area contributed by atoms with Crippen LogP contribution in [0, 0.1) is 0 Å². The molecule has 0 bridgehead atoms. The summed E-state index contributed by atoms with van der Waals surface area (Å²) in [5.74, 6) is 0. The number of halogens is 2. The molecule has 0 saturated carbocycles. The first-order valence-corrected chi connectivity index (χ1v) is 10.2. The van der Waals surface area contributed by atoms with Gasteiger partial charge in [-0.25, -0.2) is 9.48 Å². The quantitative estimate of drug-likeness (QED) is 0.466. The molecular weight excluding hydrogens is 437 g/mol. The normalized spacial score (nSPS) is 10.8. The third kappa shape index (κ3) is 4.84. The second kappa shape index (κ2) is 9.16. The van der Waals surface area contributed by atoms with Crippen molar-refractivity contribution in [2.45, 2.75) is 13.1 Å².